The lowest BCUT2D eigenvalue weighted by Crippen LogP contribution is -2.49. The number of benzene rings is 1. The minimum absolute atomic E-state index is 0.221. The smallest absolute Gasteiger partial charge is 0.236 e. The van der Waals surface area contributed by atoms with Crippen molar-refractivity contribution >= 4 is 5.91 Å². The molecule has 1 aliphatic carbocycles. The van der Waals surface area contributed by atoms with Gasteiger partial charge in [-0.2, -0.15) is 0 Å². The number of amides is 1. The van der Waals surface area contributed by atoms with Crippen LogP contribution in [0.15, 0.2) is 24.3 Å². The number of nitrogens with zero attached hydrogens (tertiary/aromatic N) is 2. The van der Waals surface area contributed by atoms with E-state index in [1.54, 1.807) is 0 Å². The molecule has 1 N–H and O–H groups in total. The van der Waals surface area contributed by atoms with E-state index in [-0.39, 0.29) is 5.91 Å². The molecule has 2 fully saturated rings. The summed E-state index contributed by atoms with van der Waals surface area (Å²) in [6.45, 7) is 5.54. The Morgan fingerprint density at radius 2 is 1.96 bits per heavy atom. The lowest BCUT2D eigenvalue weighted by Gasteiger charge is -2.29. The van der Waals surface area contributed by atoms with Crippen molar-refractivity contribution in [1.29, 1.82) is 0 Å². The van der Waals surface area contributed by atoms with Crippen LogP contribution in [0.4, 0.5) is 0 Å². The highest BCUT2D eigenvalue weighted by Crippen LogP contribution is 2.29. The lowest BCUT2D eigenvalue weighted by molar-refractivity contribution is -0.132. The maximum absolute atomic E-state index is 12.2. The normalized spacial score (nSPS) is 18.3. The van der Waals surface area contributed by atoms with E-state index in [1.807, 2.05) is 24.1 Å². The van der Waals surface area contributed by atoms with Crippen LogP contribution >= 0.6 is 0 Å². The van der Waals surface area contributed by atoms with E-state index < -0.39 is 0 Å². The van der Waals surface area contributed by atoms with Crippen LogP contribution in [0.3, 0.4) is 0 Å². The molecule has 3 rings (SSSR count). The maximum Gasteiger partial charge on any atom is 0.236 e. The molecule has 0 spiro atoms. The van der Waals surface area contributed by atoms with Gasteiger partial charge in [0, 0.05) is 32.7 Å². The van der Waals surface area contributed by atoms with Crippen LogP contribution in [0.25, 0.3) is 0 Å². The number of carbonyl (C=O) groups is 1. The fourth-order valence-electron chi connectivity index (χ4n) is 2.80. The van der Waals surface area contributed by atoms with Crippen molar-refractivity contribution in [3.8, 4) is 5.75 Å². The molecule has 1 aromatic carbocycles. The van der Waals surface area contributed by atoms with E-state index in [0.717, 1.165) is 51.0 Å². The van der Waals surface area contributed by atoms with Gasteiger partial charge in [-0.3, -0.25) is 9.69 Å². The number of piperazine rings is 1. The second kappa shape index (κ2) is 7.79. The first-order valence-corrected chi connectivity index (χ1v) is 8.59. The van der Waals surface area contributed by atoms with Crippen molar-refractivity contribution < 1.29 is 9.53 Å². The number of hydrogen-bond acceptors (Lipinski definition) is 4. The zero-order valence-corrected chi connectivity index (χ0v) is 14.0. The van der Waals surface area contributed by atoms with Crippen molar-refractivity contribution in [2.45, 2.75) is 19.4 Å². The molecule has 0 unspecified atom stereocenters. The molecule has 2 aliphatic rings. The van der Waals surface area contributed by atoms with Crippen LogP contribution in [0.2, 0.25) is 0 Å². The summed E-state index contributed by atoms with van der Waals surface area (Å²) in [7, 11) is 2.00. The zero-order chi connectivity index (χ0) is 16.1. The molecule has 0 bridgehead atoms. The van der Waals surface area contributed by atoms with E-state index in [1.165, 1.54) is 18.4 Å². The fourth-order valence-corrected chi connectivity index (χ4v) is 2.80. The standard InChI is InChI=1S/C18H27N3O2/c1-20(13-18(22)21-10-8-19-9-11-21)12-15-4-6-17(7-5-15)23-14-16-2-3-16/h4-7,16,19H,2-3,8-14H2,1H3. The van der Waals surface area contributed by atoms with Gasteiger partial charge in [0.2, 0.25) is 5.91 Å². The Balaban J connectivity index is 1.42. The average Bonchev–Trinajstić information content (AvgIpc) is 3.39. The zero-order valence-electron chi connectivity index (χ0n) is 14.0. The molecule has 0 aromatic heterocycles. The van der Waals surface area contributed by atoms with E-state index in [0.29, 0.717) is 6.54 Å². The second-order valence-corrected chi connectivity index (χ2v) is 6.70. The van der Waals surface area contributed by atoms with Gasteiger partial charge in [-0.25, -0.2) is 0 Å². The third-order valence-corrected chi connectivity index (χ3v) is 4.43. The molecule has 0 radical (unpaired) electrons. The molecule has 23 heavy (non-hydrogen) atoms. The van der Waals surface area contributed by atoms with Gasteiger partial charge in [0.15, 0.2) is 0 Å². The predicted molar refractivity (Wildman–Crippen MR) is 90.4 cm³/mol. The van der Waals surface area contributed by atoms with E-state index in [2.05, 4.69) is 22.3 Å². The Bertz CT molecular complexity index is 508. The lowest BCUT2D eigenvalue weighted by atomic mass is 10.2. The van der Waals surface area contributed by atoms with Crippen molar-refractivity contribution in [2.75, 3.05) is 46.4 Å². The molecule has 126 valence electrons. The van der Waals surface area contributed by atoms with Crippen molar-refractivity contribution in [1.82, 2.24) is 15.1 Å². The van der Waals surface area contributed by atoms with Gasteiger partial charge in [-0.1, -0.05) is 12.1 Å². The summed E-state index contributed by atoms with van der Waals surface area (Å²) in [5.41, 5.74) is 1.21. The Morgan fingerprint density at radius 1 is 1.26 bits per heavy atom. The highest BCUT2D eigenvalue weighted by molar-refractivity contribution is 5.78. The van der Waals surface area contributed by atoms with Gasteiger partial charge < -0.3 is 15.0 Å². The minimum atomic E-state index is 0.221. The van der Waals surface area contributed by atoms with Crippen molar-refractivity contribution in [2.24, 2.45) is 5.92 Å². The largest absolute Gasteiger partial charge is 0.493 e. The van der Waals surface area contributed by atoms with Crippen LogP contribution < -0.4 is 10.1 Å². The minimum Gasteiger partial charge on any atom is -0.493 e. The predicted octanol–water partition coefficient (Wildman–Crippen LogP) is 1.34. The van der Waals surface area contributed by atoms with Crippen molar-refractivity contribution in [3.05, 3.63) is 29.8 Å². The fraction of sp³-hybridized carbons (Fsp3) is 0.611. The first-order chi connectivity index (χ1) is 11.2. The number of carbonyl (C=O) groups excluding carboxylic acids is 1. The summed E-state index contributed by atoms with van der Waals surface area (Å²) >= 11 is 0. The molecule has 1 aliphatic heterocycles. The van der Waals surface area contributed by atoms with Crippen LogP contribution in [-0.4, -0.2) is 62.1 Å². The molecule has 1 amide bonds. The van der Waals surface area contributed by atoms with E-state index in [9.17, 15) is 4.79 Å². The summed E-state index contributed by atoms with van der Waals surface area (Å²) in [5, 5.41) is 3.27. The molecule has 1 aromatic rings. The second-order valence-electron chi connectivity index (χ2n) is 6.70. The van der Waals surface area contributed by atoms with Gasteiger partial charge in [0.05, 0.1) is 13.2 Å². The Morgan fingerprint density at radius 3 is 2.61 bits per heavy atom. The number of rotatable bonds is 7. The monoisotopic (exact) mass is 317 g/mol. The van der Waals surface area contributed by atoms with Crippen molar-refractivity contribution in [3.63, 3.8) is 0 Å². The number of likely N-dealkylation sites (N-methyl/N-ethyl adjacent to an activating group) is 1. The molecule has 1 heterocycles. The Labute approximate surface area is 138 Å². The third kappa shape index (κ3) is 5.22. The number of hydrogen-bond donors (Lipinski definition) is 1. The summed E-state index contributed by atoms with van der Waals surface area (Å²) in [5.74, 6) is 1.94. The van der Waals surface area contributed by atoms with Crippen LogP contribution in [-0.2, 0) is 11.3 Å². The maximum atomic E-state index is 12.2. The summed E-state index contributed by atoms with van der Waals surface area (Å²) in [6.07, 6.45) is 2.62. The molecule has 1 saturated heterocycles. The van der Waals surface area contributed by atoms with Gasteiger partial charge in [0.1, 0.15) is 5.75 Å². The molecule has 5 heteroatoms. The van der Waals surface area contributed by atoms with Gasteiger partial charge in [0.25, 0.3) is 0 Å². The highest BCUT2D eigenvalue weighted by Gasteiger charge is 2.22. The highest BCUT2D eigenvalue weighted by atomic mass is 16.5. The first-order valence-electron chi connectivity index (χ1n) is 8.59. The first kappa shape index (κ1) is 16.3. The summed E-state index contributed by atoms with van der Waals surface area (Å²) in [4.78, 5) is 16.3. The van der Waals surface area contributed by atoms with Gasteiger partial charge in [-0.05, 0) is 43.5 Å². The van der Waals surface area contributed by atoms with Crippen LogP contribution in [0, 0.1) is 5.92 Å². The Kier molecular flexibility index (Phi) is 5.51. The van der Waals surface area contributed by atoms with Gasteiger partial charge >= 0.3 is 0 Å². The Hall–Kier alpha value is -1.59. The molecule has 1 saturated carbocycles. The molecular weight excluding hydrogens is 290 g/mol. The topological polar surface area (TPSA) is 44.8 Å². The SMILES string of the molecule is CN(CC(=O)N1CCNCC1)Cc1ccc(OCC2CC2)cc1. The number of ether oxygens (including phenoxy) is 1. The molecule has 0 atom stereocenters. The molecule has 5 nitrogen and oxygen atoms in total. The summed E-state index contributed by atoms with van der Waals surface area (Å²) in [6, 6.07) is 8.25. The number of nitrogens with one attached hydrogen (secondary N) is 1. The third-order valence-electron chi connectivity index (χ3n) is 4.43. The average molecular weight is 317 g/mol. The van der Waals surface area contributed by atoms with Gasteiger partial charge in [-0.15, -0.1) is 0 Å². The van der Waals surface area contributed by atoms with E-state index >= 15 is 0 Å². The quantitative estimate of drug-likeness (QED) is 0.824. The van der Waals surface area contributed by atoms with Crippen LogP contribution in [0.5, 0.6) is 5.75 Å². The molecular formula is C18H27N3O2. The van der Waals surface area contributed by atoms with E-state index in [4.69, 9.17) is 4.74 Å². The van der Waals surface area contributed by atoms with Crippen LogP contribution in [0.1, 0.15) is 18.4 Å². The summed E-state index contributed by atoms with van der Waals surface area (Å²) < 4.78 is 5.75.